The van der Waals surface area contributed by atoms with E-state index in [1.54, 1.807) is 18.3 Å². The minimum Gasteiger partial charge on any atom is -0.381 e. The van der Waals surface area contributed by atoms with Gasteiger partial charge in [0.05, 0.1) is 21.9 Å². The van der Waals surface area contributed by atoms with E-state index < -0.39 is 0 Å². The Balaban J connectivity index is 1.52. The van der Waals surface area contributed by atoms with Crippen LogP contribution >= 0.6 is 34.8 Å². The number of rotatable bonds is 6. The minimum atomic E-state index is -0.248. The molecule has 0 unspecified atom stereocenters. The number of benzene rings is 1. The van der Waals surface area contributed by atoms with Crippen molar-refractivity contribution in [2.45, 2.75) is 50.6 Å². The summed E-state index contributed by atoms with van der Waals surface area (Å²) >= 11 is 19.0. The van der Waals surface area contributed by atoms with Gasteiger partial charge >= 0.3 is 0 Å². The lowest BCUT2D eigenvalue weighted by Crippen LogP contribution is -2.29. The Morgan fingerprint density at radius 1 is 1.03 bits per heavy atom. The van der Waals surface area contributed by atoms with E-state index in [0.29, 0.717) is 56.7 Å². The van der Waals surface area contributed by atoms with Crippen molar-refractivity contribution in [1.29, 1.82) is 0 Å². The fourth-order valence-electron chi connectivity index (χ4n) is 4.81. The van der Waals surface area contributed by atoms with Crippen LogP contribution in [0.5, 0.6) is 0 Å². The Morgan fingerprint density at radius 2 is 1.71 bits per heavy atom. The molecule has 9 nitrogen and oxygen atoms in total. The van der Waals surface area contributed by atoms with E-state index >= 15 is 0 Å². The molecule has 12 heteroatoms. The fraction of sp³-hybridized carbons (Fsp3) is 0.478. The topological polar surface area (TPSA) is 120 Å². The van der Waals surface area contributed by atoms with Gasteiger partial charge in [-0.2, -0.15) is 4.98 Å². The molecule has 1 aliphatic heterocycles. The van der Waals surface area contributed by atoms with E-state index in [9.17, 15) is 4.79 Å². The lowest BCUT2D eigenvalue weighted by atomic mass is 9.85. The average molecular weight is 539 g/mol. The monoisotopic (exact) mass is 537 g/mol. The summed E-state index contributed by atoms with van der Waals surface area (Å²) in [5, 5.41) is 7.92. The number of carbonyl (C=O) groups is 1. The van der Waals surface area contributed by atoms with Crippen molar-refractivity contribution in [3.63, 3.8) is 0 Å². The van der Waals surface area contributed by atoms with Crippen molar-refractivity contribution >= 4 is 69.5 Å². The van der Waals surface area contributed by atoms with Crippen molar-refractivity contribution in [1.82, 2.24) is 19.5 Å². The number of aromatic nitrogens is 4. The highest BCUT2D eigenvalue weighted by molar-refractivity contribution is 6.41. The summed E-state index contributed by atoms with van der Waals surface area (Å²) < 4.78 is 7.51. The van der Waals surface area contributed by atoms with Gasteiger partial charge in [-0.25, -0.2) is 9.97 Å². The highest BCUT2D eigenvalue weighted by Gasteiger charge is 2.29. The summed E-state index contributed by atoms with van der Waals surface area (Å²) in [6, 6.07) is 3.57. The Morgan fingerprint density at radius 3 is 2.37 bits per heavy atom. The number of carbonyl (C=O) groups excluding carboxylic acids is 1. The first kappa shape index (κ1) is 24.4. The summed E-state index contributed by atoms with van der Waals surface area (Å²) in [4.78, 5) is 25.8. The number of anilines is 3. The largest absolute Gasteiger partial charge is 0.381 e. The predicted octanol–water partition coefficient (Wildman–Crippen LogP) is 5.34. The van der Waals surface area contributed by atoms with Gasteiger partial charge in [-0.3, -0.25) is 9.36 Å². The number of imidazole rings is 1. The summed E-state index contributed by atoms with van der Waals surface area (Å²) in [5.41, 5.74) is 7.40. The van der Waals surface area contributed by atoms with E-state index in [-0.39, 0.29) is 23.9 Å². The third-order valence-corrected chi connectivity index (χ3v) is 7.51. The molecule has 1 aromatic carbocycles. The lowest BCUT2D eigenvalue weighted by Gasteiger charge is -2.29. The molecule has 0 atom stereocenters. The van der Waals surface area contributed by atoms with E-state index in [1.165, 1.54) is 0 Å². The van der Waals surface area contributed by atoms with Crippen molar-refractivity contribution in [2.75, 3.05) is 23.8 Å². The molecule has 3 aromatic rings. The van der Waals surface area contributed by atoms with Gasteiger partial charge in [0, 0.05) is 36.2 Å². The number of nitrogens with one attached hydrogen (secondary N) is 2. The normalized spacial score (nSPS) is 21.2. The van der Waals surface area contributed by atoms with Gasteiger partial charge < -0.3 is 21.1 Å². The molecule has 0 spiro atoms. The van der Waals surface area contributed by atoms with E-state index in [2.05, 4.69) is 20.2 Å². The van der Waals surface area contributed by atoms with Gasteiger partial charge in [-0.1, -0.05) is 34.8 Å². The Kier molecular flexibility index (Phi) is 7.20. The second kappa shape index (κ2) is 10.3. The van der Waals surface area contributed by atoms with Crippen molar-refractivity contribution in [3.05, 3.63) is 33.4 Å². The molecule has 5 rings (SSSR count). The Labute approximate surface area is 217 Å². The maximum absolute atomic E-state index is 11.7. The lowest BCUT2D eigenvalue weighted by molar-refractivity contribution is -0.122. The van der Waals surface area contributed by atoms with Crippen LogP contribution in [0.2, 0.25) is 15.1 Å². The van der Waals surface area contributed by atoms with E-state index in [1.807, 2.05) is 0 Å². The first-order chi connectivity index (χ1) is 16.9. The zero-order valence-corrected chi connectivity index (χ0v) is 21.2. The average Bonchev–Trinajstić information content (AvgIpc) is 3.19. The zero-order chi connectivity index (χ0) is 24.5. The molecule has 1 amide bonds. The molecular formula is C23H26Cl3N7O2. The molecular weight excluding hydrogens is 513 g/mol. The number of primary amides is 1. The quantitative estimate of drug-likeness (QED) is 0.387. The van der Waals surface area contributed by atoms with Gasteiger partial charge in [0.2, 0.25) is 17.8 Å². The van der Waals surface area contributed by atoms with Crippen LogP contribution < -0.4 is 16.4 Å². The van der Waals surface area contributed by atoms with Gasteiger partial charge in [-0.15, -0.1) is 0 Å². The summed E-state index contributed by atoms with van der Waals surface area (Å²) in [6.07, 6.45) is 6.47. The predicted molar refractivity (Wildman–Crippen MR) is 138 cm³/mol. The molecule has 3 heterocycles. The third kappa shape index (κ3) is 5.28. The molecule has 1 aliphatic carbocycles. The van der Waals surface area contributed by atoms with Gasteiger partial charge in [0.25, 0.3) is 0 Å². The summed E-state index contributed by atoms with van der Waals surface area (Å²) in [5.74, 6) is 0.733. The number of hydrogen-bond acceptors (Lipinski definition) is 7. The molecule has 2 fully saturated rings. The van der Waals surface area contributed by atoms with Gasteiger partial charge in [0.1, 0.15) is 5.52 Å². The first-order valence-corrected chi connectivity index (χ1v) is 12.8. The second-order valence-corrected chi connectivity index (χ2v) is 10.3. The number of fused-ring (bicyclic) bond motifs is 1. The smallest absolute Gasteiger partial charge is 0.224 e. The summed E-state index contributed by atoms with van der Waals surface area (Å²) in [6.45, 7) is 1.44. The van der Waals surface area contributed by atoms with Crippen LogP contribution in [0.15, 0.2) is 18.3 Å². The molecule has 1 saturated heterocycles. The number of halogens is 3. The van der Waals surface area contributed by atoms with Crippen LogP contribution in [-0.2, 0) is 9.53 Å². The molecule has 0 radical (unpaired) electrons. The molecule has 186 valence electrons. The van der Waals surface area contributed by atoms with Crippen molar-refractivity contribution in [2.24, 2.45) is 11.7 Å². The maximum atomic E-state index is 11.7. The second-order valence-electron chi connectivity index (χ2n) is 9.02. The van der Waals surface area contributed by atoms with Crippen LogP contribution in [0.4, 0.5) is 17.6 Å². The van der Waals surface area contributed by atoms with Crippen LogP contribution in [0.3, 0.4) is 0 Å². The third-order valence-electron chi connectivity index (χ3n) is 6.70. The molecule has 35 heavy (non-hydrogen) atoms. The standard InChI is InChI=1S/C23H26Cl3N7O2/c24-13-9-16(25)19(17(26)10-13)31-23-30-18-11-28-22(29-14-5-7-35-8-6-14)32-21(18)33(23)15-3-1-12(2-4-15)20(27)34/h9-12,14-15H,1-8H2,(H2,27,34)(H,30,31)(H,28,29,32)/t12-,15+. The van der Waals surface area contributed by atoms with E-state index in [4.69, 9.17) is 55.2 Å². The number of hydrogen-bond donors (Lipinski definition) is 3. The Hall–Kier alpha value is -2.33. The van der Waals surface area contributed by atoms with Gasteiger partial charge in [-0.05, 0) is 50.7 Å². The van der Waals surface area contributed by atoms with Crippen molar-refractivity contribution < 1.29 is 9.53 Å². The molecule has 2 aromatic heterocycles. The first-order valence-electron chi connectivity index (χ1n) is 11.7. The van der Waals surface area contributed by atoms with Crippen LogP contribution in [0.25, 0.3) is 11.2 Å². The highest BCUT2D eigenvalue weighted by Crippen LogP contribution is 2.40. The van der Waals surface area contributed by atoms with Crippen LogP contribution in [0, 0.1) is 5.92 Å². The fourth-order valence-corrected chi connectivity index (χ4v) is 5.72. The van der Waals surface area contributed by atoms with E-state index in [0.717, 1.165) is 38.9 Å². The number of nitrogens with zero attached hydrogens (tertiary/aromatic N) is 4. The van der Waals surface area contributed by atoms with Crippen LogP contribution in [-0.4, -0.2) is 44.7 Å². The summed E-state index contributed by atoms with van der Waals surface area (Å²) in [7, 11) is 0. The highest BCUT2D eigenvalue weighted by atomic mass is 35.5. The molecule has 1 saturated carbocycles. The minimum absolute atomic E-state index is 0.0637. The zero-order valence-electron chi connectivity index (χ0n) is 18.9. The van der Waals surface area contributed by atoms with Gasteiger partial charge in [0.15, 0.2) is 5.65 Å². The number of ether oxygens (including phenoxy) is 1. The molecule has 0 bridgehead atoms. The van der Waals surface area contributed by atoms with Crippen molar-refractivity contribution in [3.8, 4) is 0 Å². The maximum Gasteiger partial charge on any atom is 0.224 e. The SMILES string of the molecule is NC(=O)[C@H]1CC[C@@H](n2c(Nc3c(Cl)cc(Cl)cc3Cl)nc3cnc(NC4CCOCC4)nc32)CC1. The number of amides is 1. The number of nitrogens with two attached hydrogens (primary N) is 1. The Bertz CT molecular complexity index is 1210. The molecule has 4 N–H and O–H groups in total. The van der Waals surface area contributed by atoms with Crippen LogP contribution in [0.1, 0.15) is 44.6 Å². The molecule has 2 aliphatic rings.